The molecule has 3 heterocycles. The van der Waals surface area contributed by atoms with Crippen LogP contribution in [0.2, 0.25) is 0 Å². The Bertz CT molecular complexity index is 861. The maximum atomic E-state index is 13.0. The Labute approximate surface area is 157 Å². The van der Waals surface area contributed by atoms with Crippen LogP contribution in [-0.4, -0.2) is 67.6 Å². The van der Waals surface area contributed by atoms with Crippen LogP contribution in [0.4, 0.5) is 0 Å². The first-order valence-electron chi connectivity index (χ1n) is 9.35. The van der Waals surface area contributed by atoms with Gasteiger partial charge in [0.1, 0.15) is 17.4 Å². The van der Waals surface area contributed by atoms with Crippen molar-refractivity contribution in [3.05, 3.63) is 29.5 Å². The van der Waals surface area contributed by atoms with Gasteiger partial charge in [0, 0.05) is 43.7 Å². The lowest BCUT2D eigenvalue weighted by Gasteiger charge is -2.35. The Kier molecular flexibility index (Phi) is 4.78. The third kappa shape index (κ3) is 3.27. The van der Waals surface area contributed by atoms with Gasteiger partial charge in [-0.1, -0.05) is 0 Å². The van der Waals surface area contributed by atoms with E-state index < -0.39 is 0 Å². The van der Waals surface area contributed by atoms with Crippen molar-refractivity contribution in [2.45, 2.75) is 25.9 Å². The lowest BCUT2D eigenvalue weighted by atomic mass is 10.1. The van der Waals surface area contributed by atoms with Gasteiger partial charge in [0.05, 0.1) is 7.11 Å². The maximum absolute atomic E-state index is 13.0. The number of hydrogen-bond donors (Lipinski definition) is 0. The molecule has 1 aromatic heterocycles. The number of piperazine rings is 1. The van der Waals surface area contributed by atoms with Crippen molar-refractivity contribution in [2.75, 3.05) is 39.9 Å². The Morgan fingerprint density at radius 3 is 2.56 bits per heavy atom. The summed E-state index contributed by atoms with van der Waals surface area (Å²) < 4.78 is 16.6. The van der Waals surface area contributed by atoms with Crippen molar-refractivity contribution >= 4 is 22.8 Å². The number of amides is 2. The molecule has 7 heteroatoms. The minimum atomic E-state index is -0.306. The first-order valence-corrected chi connectivity index (χ1v) is 9.35. The highest BCUT2D eigenvalue weighted by Gasteiger charge is 2.32. The summed E-state index contributed by atoms with van der Waals surface area (Å²) in [6.45, 7) is 4.59. The van der Waals surface area contributed by atoms with Gasteiger partial charge in [0.25, 0.3) is 11.8 Å². The van der Waals surface area contributed by atoms with E-state index in [1.807, 2.05) is 25.1 Å². The molecular formula is C20H24N2O5. The molecule has 0 aliphatic carbocycles. The van der Waals surface area contributed by atoms with E-state index in [9.17, 15) is 9.59 Å². The quantitative estimate of drug-likeness (QED) is 0.826. The van der Waals surface area contributed by atoms with Gasteiger partial charge in [-0.3, -0.25) is 9.59 Å². The fourth-order valence-corrected chi connectivity index (χ4v) is 3.78. The summed E-state index contributed by atoms with van der Waals surface area (Å²) in [4.78, 5) is 28.9. The number of furan rings is 1. The fourth-order valence-electron chi connectivity index (χ4n) is 3.78. The predicted octanol–water partition coefficient (Wildman–Crippen LogP) is 2.21. The summed E-state index contributed by atoms with van der Waals surface area (Å²) in [7, 11) is 1.61. The average Bonchev–Trinajstić information content (AvgIpc) is 3.35. The van der Waals surface area contributed by atoms with E-state index in [1.165, 1.54) is 0 Å². The summed E-state index contributed by atoms with van der Waals surface area (Å²) in [5.74, 6) is 1.00. The van der Waals surface area contributed by atoms with Gasteiger partial charge < -0.3 is 23.7 Å². The number of benzene rings is 1. The number of carbonyl (C=O) groups excluding carboxylic acids is 2. The van der Waals surface area contributed by atoms with Crippen LogP contribution in [0.5, 0.6) is 5.75 Å². The standard InChI is InChI=1S/C20H24N2O5/c1-13-15-12-14(25-2)5-6-16(15)27-18(13)20(24)22-9-7-21(8-10-22)19(23)17-4-3-11-26-17/h5-6,12,17H,3-4,7-11H2,1-2H3. The third-order valence-corrected chi connectivity index (χ3v) is 5.42. The zero-order valence-corrected chi connectivity index (χ0v) is 15.7. The molecule has 1 aromatic carbocycles. The second kappa shape index (κ2) is 7.23. The number of rotatable bonds is 3. The molecule has 2 aliphatic heterocycles. The predicted molar refractivity (Wildman–Crippen MR) is 99.0 cm³/mol. The van der Waals surface area contributed by atoms with Crippen molar-refractivity contribution in [1.82, 2.24) is 9.80 Å². The Morgan fingerprint density at radius 1 is 1.15 bits per heavy atom. The van der Waals surface area contributed by atoms with Gasteiger partial charge in [-0.2, -0.15) is 0 Å². The van der Waals surface area contributed by atoms with Crippen LogP contribution >= 0.6 is 0 Å². The molecule has 2 fully saturated rings. The topological polar surface area (TPSA) is 72.2 Å². The molecule has 7 nitrogen and oxygen atoms in total. The molecule has 0 N–H and O–H groups in total. The van der Waals surface area contributed by atoms with Crippen molar-refractivity contribution in [3.8, 4) is 5.75 Å². The second-order valence-corrected chi connectivity index (χ2v) is 7.04. The van der Waals surface area contributed by atoms with Crippen LogP contribution in [0.3, 0.4) is 0 Å². The summed E-state index contributed by atoms with van der Waals surface area (Å²) in [6.07, 6.45) is 1.42. The van der Waals surface area contributed by atoms with Crippen molar-refractivity contribution in [1.29, 1.82) is 0 Å². The van der Waals surface area contributed by atoms with E-state index in [1.54, 1.807) is 16.9 Å². The van der Waals surface area contributed by atoms with Gasteiger partial charge in [-0.15, -0.1) is 0 Å². The van der Waals surface area contributed by atoms with E-state index in [0.29, 0.717) is 44.1 Å². The highest BCUT2D eigenvalue weighted by Crippen LogP contribution is 2.29. The number of hydrogen-bond acceptors (Lipinski definition) is 5. The van der Waals surface area contributed by atoms with E-state index >= 15 is 0 Å². The third-order valence-electron chi connectivity index (χ3n) is 5.42. The van der Waals surface area contributed by atoms with Crippen molar-refractivity contribution in [3.63, 3.8) is 0 Å². The van der Waals surface area contributed by atoms with Crippen LogP contribution in [0.1, 0.15) is 29.0 Å². The van der Waals surface area contributed by atoms with Gasteiger partial charge in [-0.05, 0) is 38.0 Å². The zero-order valence-electron chi connectivity index (χ0n) is 15.7. The van der Waals surface area contributed by atoms with Crippen LogP contribution in [0.25, 0.3) is 11.0 Å². The number of nitrogens with zero attached hydrogens (tertiary/aromatic N) is 2. The van der Waals surface area contributed by atoms with E-state index in [0.717, 1.165) is 29.5 Å². The first-order chi connectivity index (χ1) is 13.1. The van der Waals surface area contributed by atoms with Crippen LogP contribution in [0.15, 0.2) is 22.6 Å². The number of carbonyl (C=O) groups is 2. The number of methoxy groups -OCH3 is 1. The summed E-state index contributed by atoms with van der Waals surface area (Å²) >= 11 is 0. The lowest BCUT2D eigenvalue weighted by Crippen LogP contribution is -2.52. The molecule has 0 radical (unpaired) electrons. The minimum absolute atomic E-state index is 0.0478. The van der Waals surface area contributed by atoms with Crippen LogP contribution in [0, 0.1) is 6.92 Å². The van der Waals surface area contributed by atoms with Crippen LogP contribution < -0.4 is 4.74 Å². The fraction of sp³-hybridized carbons (Fsp3) is 0.500. The molecule has 2 aromatic rings. The maximum Gasteiger partial charge on any atom is 0.290 e. The molecule has 27 heavy (non-hydrogen) atoms. The van der Waals surface area contributed by atoms with E-state index in [4.69, 9.17) is 13.9 Å². The zero-order chi connectivity index (χ0) is 19.0. The van der Waals surface area contributed by atoms with Crippen molar-refractivity contribution < 1.29 is 23.5 Å². The van der Waals surface area contributed by atoms with Crippen molar-refractivity contribution in [2.24, 2.45) is 0 Å². The number of ether oxygens (including phenoxy) is 2. The monoisotopic (exact) mass is 372 g/mol. The Balaban J connectivity index is 1.45. The highest BCUT2D eigenvalue weighted by molar-refractivity contribution is 5.99. The molecular weight excluding hydrogens is 348 g/mol. The summed E-state index contributed by atoms with van der Waals surface area (Å²) in [6, 6.07) is 5.51. The van der Waals surface area contributed by atoms with E-state index in [2.05, 4.69) is 0 Å². The molecule has 0 bridgehead atoms. The molecule has 1 atom stereocenters. The largest absolute Gasteiger partial charge is 0.497 e. The minimum Gasteiger partial charge on any atom is -0.497 e. The average molecular weight is 372 g/mol. The normalized spacial score (nSPS) is 20.3. The summed E-state index contributed by atoms with van der Waals surface area (Å²) in [5.41, 5.74) is 1.48. The van der Waals surface area contributed by atoms with Gasteiger partial charge in [0.15, 0.2) is 5.76 Å². The molecule has 2 aliphatic rings. The second-order valence-electron chi connectivity index (χ2n) is 7.04. The lowest BCUT2D eigenvalue weighted by molar-refractivity contribution is -0.142. The molecule has 4 rings (SSSR count). The molecule has 1 unspecified atom stereocenters. The molecule has 144 valence electrons. The smallest absolute Gasteiger partial charge is 0.290 e. The first kappa shape index (κ1) is 17.9. The van der Waals surface area contributed by atoms with Crippen LogP contribution in [-0.2, 0) is 9.53 Å². The SMILES string of the molecule is COc1ccc2oc(C(=O)N3CCN(C(=O)C4CCCO4)CC3)c(C)c2c1. The number of aryl methyl sites for hydroxylation is 1. The molecule has 0 saturated carbocycles. The molecule has 0 spiro atoms. The Morgan fingerprint density at radius 2 is 1.89 bits per heavy atom. The van der Waals surface area contributed by atoms with E-state index in [-0.39, 0.29) is 17.9 Å². The summed E-state index contributed by atoms with van der Waals surface area (Å²) in [5, 5.41) is 0.880. The molecule has 2 saturated heterocycles. The van der Waals surface area contributed by atoms with Gasteiger partial charge >= 0.3 is 0 Å². The number of fused-ring (bicyclic) bond motifs is 1. The highest BCUT2D eigenvalue weighted by atomic mass is 16.5. The van der Waals surface area contributed by atoms with Gasteiger partial charge in [-0.25, -0.2) is 0 Å². The van der Waals surface area contributed by atoms with Gasteiger partial charge in [0.2, 0.25) is 0 Å². The molecule has 2 amide bonds. The Hall–Kier alpha value is -2.54.